The fourth-order valence-corrected chi connectivity index (χ4v) is 3.96. The number of benzene rings is 1. The molecule has 0 spiro atoms. The van der Waals surface area contributed by atoms with Gasteiger partial charge in [0.1, 0.15) is 6.61 Å². The zero-order chi connectivity index (χ0) is 17.3. The van der Waals surface area contributed by atoms with E-state index in [1.54, 1.807) is 11.3 Å². The topological polar surface area (TPSA) is 30.5 Å². The fourth-order valence-electron chi connectivity index (χ4n) is 3.34. The summed E-state index contributed by atoms with van der Waals surface area (Å²) in [5.74, 6) is 1.67. The second-order valence-corrected chi connectivity index (χ2v) is 7.68. The van der Waals surface area contributed by atoms with Gasteiger partial charge in [-0.05, 0) is 48.9 Å². The monoisotopic (exact) mass is 359 g/mol. The molecule has 1 aromatic carbocycles. The van der Waals surface area contributed by atoms with Crippen LogP contribution in [-0.2, 0) is 13.2 Å². The first kappa shape index (κ1) is 18.3. The minimum absolute atomic E-state index is 0.595. The molecule has 1 N–H and O–H groups in total. The highest BCUT2D eigenvalue weighted by Gasteiger charge is 2.12. The highest BCUT2D eigenvalue weighted by Crippen LogP contribution is 2.30. The van der Waals surface area contributed by atoms with E-state index in [1.807, 2.05) is 13.0 Å². The molecule has 0 aliphatic heterocycles. The normalized spacial score (nSPS) is 15.7. The van der Waals surface area contributed by atoms with Gasteiger partial charge in [-0.3, -0.25) is 0 Å². The van der Waals surface area contributed by atoms with Crippen LogP contribution < -0.4 is 14.8 Å². The molecule has 2 aromatic rings. The number of ether oxygens (including phenoxy) is 2. The van der Waals surface area contributed by atoms with Gasteiger partial charge in [0.2, 0.25) is 0 Å². The van der Waals surface area contributed by atoms with Gasteiger partial charge in [0.25, 0.3) is 0 Å². The Morgan fingerprint density at radius 3 is 2.60 bits per heavy atom. The van der Waals surface area contributed by atoms with E-state index in [4.69, 9.17) is 9.47 Å². The van der Waals surface area contributed by atoms with E-state index in [2.05, 4.69) is 35.0 Å². The largest absolute Gasteiger partial charge is 0.490 e. The van der Waals surface area contributed by atoms with Gasteiger partial charge in [-0.2, -0.15) is 0 Å². The smallest absolute Gasteiger partial charge is 0.161 e. The molecular formula is C21H29NO2S. The van der Waals surface area contributed by atoms with Crippen LogP contribution in [0.15, 0.2) is 35.7 Å². The molecule has 1 saturated carbocycles. The van der Waals surface area contributed by atoms with Crippen LogP contribution in [0.5, 0.6) is 11.5 Å². The van der Waals surface area contributed by atoms with Crippen molar-refractivity contribution >= 4 is 11.3 Å². The van der Waals surface area contributed by atoms with Crippen molar-refractivity contribution in [2.75, 3.05) is 6.61 Å². The van der Waals surface area contributed by atoms with Crippen molar-refractivity contribution in [1.29, 1.82) is 0 Å². The molecule has 3 nitrogen and oxygen atoms in total. The van der Waals surface area contributed by atoms with E-state index in [0.717, 1.165) is 18.0 Å². The summed E-state index contributed by atoms with van der Waals surface area (Å²) in [6.07, 6.45) is 8.11. The molecule has 1 heterocycles. The Labute approximate surface area is 155 Å². The second-order valence-electron chi connectivity index (χ2n) is 6.65. The third-order valence-corrected chi connectivity index (χ3v) is 5.56. The van der Waals surface area contributed by atoms with Gasteiger partial charge >= 0.3 is 0 Å². The van der Waals surface area contributed by atoms with Crippen molar-refractivity contribution in [3.05, 3.63) is 46.2 Å². The van der Waals surface area contributed by atoms with Crippen LogP contribution in [0, 0.1) is 0 Å². The summed E-state index contributed by atoms with van der Waals surface area (Å²) in [6, 6.07) is 11.1. The molecule has 0 unspecified atom stereocenters. The molecule has 3 rings (SSSR count). The zero-order valence-corrected chi connectivity index (χ0v) is 15.9. The van der Waals surface area contributed by atoms with Crippen LogP contribution in [-0.4, -0.2) is 12.6 Å². The molecule has 136 valence electrons. The van der Waals surface area contributed by atoms with Crippen LogP contribution in [0.1, 0.15) is 55.9 Å². The Kier molecular flexibility index (Phi) is 7.19. The van der Waals surface area contributed by atoms with Crippen molar-refractivity contribution in [2.45, 2.75) is 64.6 Å². The van der Waals surface area contributed by atoms with Crippen LogP contribution in [0.2, 0.25) is 0 Å². The summed E-state index contributed by atoms with van der Waals surface area (Å²) in [5, 5.41) is 5.80. The second kappa shape index (κ2) is 9.83. The lowest BCUT2D eigenvalue weighted by molar-refractivity contribution is 0.271. The average molecular weight is 360 g/mol. The quantitative estimate of drug-likeness (QED) is 0.628. The van der Waals surface area contributed by atoms with E-state index >= 15 is 0 Å². The summed E-state index contributed by atoms with van der Waals surface area (Å²) < 4.78 is 11.8. The summed E-state index contributed by atoms with van der Waals surface area (Å²) in [6.45, 7) is 4.15. The molecule has 0 saturated heterocycles. The molecule has 0 radical (unpaired) electrons. The minimum atomic E-state index is 0.595. The van der Waals surface area contributed by atoms with Gasteiger partial charge in [0.15, 0.2) is 11.5 Å². The summed E-state index contributed by atoms with van der Waals surface area (Å²) in [7, 11) is 0. The molecule has 1 aliphatic carbocycles. The lowest BCUT2D eigenvalue weighted by Crippen LogP contribution is -2.27. The predicted octanol–water partition coefficient (Wildman–Crippen LogP) is 5.54. The van der Waals surface area contributed by atoms with Crippen LogP contribution in [0.3, 0.4) is 0 Å². The van der Waals surface area contributed by atoms with E-state index in [-0.39, 0.29) is 0 Å². The van der Waals surface area contributed by atoms with E-state index in [0.29, 0.717) is 19.3 Å². The first-order valence-electron chi connectivity index (χ1n) is 9.49. The number of thiophene rings is 1. The van der Waals surface area contributed by atoms with E-state index < -0.39 is 0 Å². The number of nitrogens with one attached hydrogen (secondary N) is 1. The Hall–Kier alpha value is -1.52. The molecular weight excluding hydrogens is 330 g/mol. The molecule has 1 aliphatic rings. The maximum atomic E-state index is 5.97. The average Bonchev–Trinajstić information content (AvgIpc) is 3.01. The molecule has 0 atom stereocenters. The minimum Gasteiger partial charge on any atom is -0.490 e. The fraction of sp³-hybridized carbons (Fsp3) is 0.524. The van der Waals surface area contributed by atoms with Gasteiger partial charge in [0.05, 0.1) is 6.61 Å². The van der Waals surface area contributed by atoms with Crippen LogP contribution in [0.25, 0.3) is 0 Å². The van der Waals surface area contributed by atoms with E-state index in [9.17, 15) is 0 Å². The van der Waals surface area contributed by atoms with Gasteiger partial charge in [0, 0.05) is 17.5 Å². The predicted molar refractivity (Wildman–Crippen MR) is 105 cm³/mol. The maximum Gasteiger partial charge on any atom is 0.161 e. The Morgan fingerprint density at radius 2 is 1.88 bits per heavy atom. The van der Waals surface area contributed by atoms with Crippen molar-refractivity contribution in [3.8, 4) is 11.5 Å². The SMILES string of the molecule is CCOc1cc(CNC2CCCCCC2)ccc1OCc1cccs1. The first-order valence-corrected chi connectivity index (χ1v) is 10.4. The number of hydrogen-bond acceptors (Lipinski definition) is 4. The molecule has 0 bridgehead atoms. The third-order valence-electron chi connectivity index (χ3n) is 4.71. The van der Waals surface area contributed by atoms with Gasteiger partial charge in [-0.1, -0.05) is 37.8 Å². The maximum absolute atomic E-state index is 5.97. The number of hydrogen-bond donors (Lipinski definition) is 1. The van der Waals surface area contributed by atoms with Crippen molar-refractivity contribution in [2.24, 2.45) is 0 Å². The molecule has 0 amide bonds. The third kappa shape index (κ3) is 5.75. The van der Waals surface area contributed by atoms with Crippen molar-refractivity contribution < 1.29 is 9.47 Å². The van der Waals surface area contributed by atoms with E-state index in [1.165, 1.54) is 49.0 Å². The lowest BCUT2D eigenvalue weighted by atomic mass is 10.1. The zero-order valence-electron chi connectivity index (χ0n) is 15.1. The summed E-state index contributed by atoms with van der Waals surface area (Å²) in [5.41, 5.74) is 1.26. The van der Waals surface area contributed by atoms with Gasteiger partial charge in [-0.15, -0.1) is 11.3 Å². The van der Waals surface area contributed by atoms with Gasteiger partial charge < -0.3 is 14.8 Å². The van der Waals surface area contributed by atoms with Crippen molar-refractivity contribution in [3.63, 3.8) is 0 Å². The molecule has 1 fully saturated rings. The Morgan fingerprint density at radius 1 is 1.04 bits per heavy atom. The Bertz CT molecular complexity index is 619. The highest BCUT2D eigenvalue weighted by atomic mass is 32.1. The van der Waals surface area contributed by atoms with Crippen LogP contribution >= 0.6 is 11.3 Å². The highest BCUT2D eigenvalue weighted by molar-refractivity contribution is 7.09. The summed E-state index contributed by atoms with van der Waals surface area (Å²) >= 11 is 1.71. The molecule has 4 heteroatoms. The Balaban J connectivity index is 1.59. The van der Waals surface area contributed by atoms with Crippen LogP contribution in [0.4, 0.5) is 0 Å². The molecule has 25 heavy (non-hydrogen) atoms. The first-order chi connectivity index (χ1) is 12.3. The lowest BCUT2D eigenvalue weighted by Gasteiger charge is -2.17. The molecule has 1 aromatic heterocycles. The summed E-state index contributed by atoms with van der Waals surface area (Å²) in [4.78, 5) is 1.22. The van der Waals surface area contributed by atoms with Crippen molar-refractivity contribution in [1.82, 2.24) is 5.32 Å². The number of rotatable bonds is 8. The van der Waals surface area contributed by atoms with Gasteiger partial charge in [-0.25, -0.2) is 0 Å². The standard InChI is InChI=1S/C21H29NO2S/c1-2-23-21-14-17(15-22-18-8-5-3-4-6-9-18)11-12-20(21)24-16-19-10-7-13-25-19/h7,10-14,18,22H,2-6,8-9,15-16H2,1H3.